The molecular weight excluding hydrogens is 166 g/mol. The minimum absolute atomic E-state index is 0.0762. The van der Waals surface area contributed by atoms with Crippen molar-refractivity contribution in [3.05, 3.63) is 29.8 Å². The van der Waals surface area contributed by atoms with E-state index in [1.54, 1.807) is 19.1 Å². The van der Waals surface area contributed by atoms with E-state index < -0.39 is 0 Å². The van der Waals surface area contributed by atoms with Crippen LogP contribution in [-0.4, -0.2) is 11.0 Å². The normalized spacial score (nSPS) is 12.2. The van der Waals surface area contributed by atoms with Crippen molar-refractivity contribution >= 4 is 11.5 Å². The Bertz CT molecular complexity index is 292. The van der Waals surface area contributed by atoms with Crippen molar-refractivity contribution in [1.29, 1.82) is 0 Å². The summed E-state index contributed by atoms with van der Waals surface area (Å²) in [7, 11) is 0. The van der Waals surface area contributed by atoms with Crippen LogP contribution in [0.4, 0.5) is 5.69 Å². The van der Waals surface area contributed by atoms with E-state index in [0.717, 1.165) is 5.56 Å². The van der Waals surface area contributed by atoms with Gasteiger partial charge in [0.25, 0.3) is 0 Å². The van der Waals surface area contributed by atoms with Crippen molar-refractivity contribution < 1.29 is 10.0 Å². The van der Waals surface area contributed by atoms with Crippen LogP contribution < -0.4 is 5.48 Å². The number of nitrogens with one attached hydrogen (secondary N) is 1. The van der Waals surface area contributed by atoms with Crippen molar-refractivity contribution in [2.45, 2.75) is 19.8 Å². The second-order valence-electron chi connectivity index (χ2n) is 3.07. The summed E-state index contributed by atoms with van der Waals surface area (Å²) in [5.41, 5.74) is 3.63. The Morgan fingerprint density at radius 3 is 2.31 bits per heavy atom. The highest BCUT2D eigenvalue weighted by molar-refractivity contribution is 5.82. The molecule has 1 atom stereocenters. The molecule has 0 heterocycles. The number of hydrogen-bond acceptors (Lipinski definition) is 3. The summed E-state index contributed by atoms with van der Waals surface area (Å²) < 4.78 is 0. The van der Waals surface area contributed by atoms with Crippen LogP contribution in [0.5, 0.6) is 0 Å². The smallest absolute Gasteiger partial charge is 0.136 e. The van der Waals surface area contributed by atoms with Crippen molar-refractivity contribution in [2.75, 3.05) is 5.48 Å². The van der Waals surface area contributed by atoms with Gasteiger partial charge in [-0.1, -0.05) is 19.1 Å². The van der Waals surface area contributed by atoms with Crippen LogP contribution in [0.2, 0.25) is 0 Å². The molecule has 0 saturated heterocycles. The lowest BCUT2D eigenvalue weighted by Crippen LogP contribution is -2.03. The van der Waals surface area contributed by atoms with Crippen LogP contribution in [0.3, 0.4) is 0 Å². The van der Waals surface area contributed by atoms with E-state index in [4.69, 9.17) is 5.21 Å². The SMILES string of the molecule is CC(=O)C(C)c1ccc(NO)cc1. The van der Waals surface area contributed by atoms with Crippen LogP contribution in [0, 0.1) is 0 Å². The van der Waals surface area contributed by atoms with Crippen molar-refractivity contribution in [3.8, 4) is 0 Å². The van der Waals surface area contributed by atoms with E-state index in [0.29, 0.717) is 5.69 Å². The van der Waals surface area contributed by atoms with Gasteiger partial charge in [-0.05, 0) is 24.6 Å². The Balaban J connectivity index is 2.85. The van der Waals surface area contributed by atoms with Crippen LogP contribution in [0.15, 0.2) is 24.3 Å². The minimum Gasteiger partial charge on any atom is -0.299 e. The number of Topliss-reactive ketones (excluding diaryl/α,β-unsaturated/α-hetero) is 1. The van der Waals surface area contributed by atoms with Gasteiger partial charge in [-0.2, -0.15) is 0 Å². The van der Waals surface area contributed by atoms with E-state index in [9.17, 15) is 4.79 Å². The number of benzene rings is 1. The van der Waals surface area contributed by atoms with E-state index >= 15 is 0 Å². The zero-order valence-corrected chi connectivity index (χ0v) is 7.74. The lowest BCUT2D eigenvalue weighted by Gasteiger charge is -2.08. The van der Waals surface area contributed by atoms with Crippen LogP contribution in [0.25, 0.3) is 0 Å². The second kappa shape index (κ2) is 4.05. The Hall–Kier alpha value is -1.35. The summed E-state index contributed by atoms with van der Waals surface area (Å²) in [4.78, 5) is 11.0. The molecule has 1 rings (SSSR count). The van der Waals surface area contributed by atoms with Gasteiger partial charge < -0.3 is 0 Å². The topological polar surface area (TPSA) is 49.3 Å². The van der Waals surface area contributed by atoms with Gasteiger partial charge in [0.15, 0.2) is 0 Å². The van der Waals surface area contributed by atoms with Gasteiger partial charge >= 0.3 is 0 Å². The largest absolute Gasteiger partial charge is 0.299 e. The molecule has 3 nitrogen and oxygen atoms in total. The standard InChI is InChI=1S/C10H13NO2/c1-7(8(2)12)9-3-5-10(11-13)6-4-9/h3-7,11,13H,1-2H3. The van der Waals surface area contributed by atoms with Gasteiger partial charge in [0, 0.05) is 5.92 Å². The molecule has 0 spiro atoms. The highest BCUT2D eigenvalue weighted by Gasteiger charge is 2.09. The molecule has 0 bridgehead atoms. The van der Waals surface area contributed by atoms with Crippen molar-refractivity contribution in [1.82, 2.24) is 0 Å². The molecule has 0 fully saturated rings. The molecule has 1 aromatic carbocycles. The molecule has 0 aliphatic rings. The summed E-state index contributed by atoms with van der Waals surface area (Å²) in [5.74, 6) is 0.0671. The Labute approximate surface area is 77.4 Å². The van der Waals surface area contributed by atoms with E-state index in [1.165, 1.54) is 0 Å². The summed E-state index contributed by atoms with van der Waals surface area (Å²) in [6.45, 7) is 3.44. The van der Waals surface area contributed by atoms with Gasteiger partial charge in [0.2, 0.25) is 0 Å². The zero-order valence-electron chi connectivity index (χ0n) is 7.74. The number of anilines is 1. The quantitative estimate of drug-likeness (QED) is 0.699. The average molecular weight is 179 g/mol. The first-order chi connectivity index (χ1) is 6.15. The van der Waals surface area contributed by atoms with Gasteiger partial charge in [-0.15, -0.1) is 0 Å². The van der Waals surface area contributed by atoms with Gasteiger partial charge in [-0.25, -0.2) is 0 Å². The summed E-state index contributed by atoms with van der Waals surface area (Å²) in [5, 5.41) is 8.56. The third-order valence-corrected chi connectivity index (χ3v) is 2.15. The molecule has 0 aliphatic carbocycles. The molecule has 1 aromatic rings. The van der Waals surface area contributed by atoms with Crippen LogP contribution >= 0.6 is 0 Å². The Morgan fingerprint density at radius 2 is 1.92 bits per heavy atom. The fraction of sp³-hybridized carbons (Fsp3) is 0.300. The zero-order chi connectivity index (χ0) is 9.84. The highest BCUT2D eigenvalue weighted by Crippen LogP contribution is 2.18. The molecule has 13 heavy (non-hydrogen) atoms. The lowest BCUT2D eigenvalue weighted by atomic mass is 9.98. The molecule has 2 N–H and O–H groups in total. The van der Waals surface area contributed by atoms with Crippen LogP contribution in [-0.2, 0) is 4.79 Å². The molecule has 0 saturated carbocycles. The van der Waals surface area contributed by atoms with E-state index in [2.05, 4.69) is 0 Å². The number of hydrogen-bond donors (Lipinski definition) is 2. The van der Waals surface area contributed by atoms with E-state index in [1.807, 2.05) is 24.5 Å². The van der Waals surface area contributed by atoms with E-state index in [-0.39, 0.29) is 11.7 Å². The molecule has 0 aromatic heterocycles. The number of carbonyl (C=O) groups is 1. The third-order valence-electron chi connectivity index (χ3n) is 2.15. The first-order valence-electron chi connectivity index (χ1n) is 4.15. The van der Waals surface area contributed by atoms with Gasteiger partial charge in [0.05, 0.1) is 5.69 Å². The average Bonchev–Trinajstić information content (AvgIpc) is 2.17. The second-order valence-corrected chi connectivity index (χ2v) is 3.07. The third kappa shape index (κ3) is 2.29. The maximum atomic E-state index is 11.0. The van der Waals surface area contributed by atoms with Gasteiger partial charge in [0.1, 0.15) is 5.78 Å². The Morgan fingerprint density at radius 1 is 1.38 bits per heavy atom. The monoisotopic (exact) mass is 179 g/mol. The van der Waals surface area contributed by atoms with Crippen LogP contribution in [0.1, 0.15) is 25.3 Å². The maximum Gasteiger partial charge on any atom is 0.136 e. The van der Waals surface area contributed by atoms with Gasteiger partial charge in [-0.3, -0.25) is 15.5 Å². The number of rotatable bonds is 3. The molecule has 0 radical (unpaired) electrons. The number of ketones is 1. The molecule has 0 aliphatic heterocycles. The predicted molar refractivity (Wildman–Crippen MR) is 50.9 cm³/mol. The lowest BCUT2D eigenvalue weighted by molar-refractivity contribution is -0.118. The first-order valence-corrected chi connectivity index (χ1v) is 4.15. The maximum absolute atomic E-state index is 11.0. The first kappa shape index (κ1) is 9.74. The fourth-order valence-corrected chi connectivity index (χ4v) is 1.08. The molecular formula is C10H13NO2. The molecule has 0 amide bonds. The molecule has 3 heteroatoms. The van der Waals surface area contributed by atoms with Crippen molar-refractivity contribution in [2.24, 2.45) is 0 Å². The summed E-state index contributed by atoms with van der Waals surface area (Å²) >= 11 is 0. The predicted octanol–water partition coefficient (Wildman–Crippen LogP) is 2.18. The Kier molecular flexibility index (Phi) is 3.03. The molecule has 70 valence electrons. The van der Waals surface area contributed by atoms with Crippen molar-refractivity contribution in [3.63, 3.8) is 0 Å². The summed E-state index contributed by atoms with van der Waals surface area (Å²) in [6, 6.07) is 7.11. The minimum atomic E-state index is -0.0762. The fourth-order valence-electron chi connectivity index (χ4n) is 1.08. The number of carbonyl (C=O) groups excluding carboxylic acids is 1. The molecule has 1 unspecified atom stereocenters. The summed E-state index contributed by atoms with van der Waals surface area (Å²) in [6.07, 6.45) is 0. The highest BCUT2D eigenvalue weighted by atomic mass is 16.5.